The molecule has 0 aliphatic heterocycles. The molecule has 0 saturated carbocycles. The fourth-order valence-corrected chi connectivity index (χ4v) is 2.03. The lowest BCUT2D eigenvalue weighted by molar-refractivity contribution is -0.135. The molecular formula is C18H20N2O3. The summed E-state index contributed by atoms with van der Waals surface area (Å²) in [6, 6.07) is 17.6. The number of hydrogen-bond acceptors (Lipinski definition) is 3. The van der Waals surface area contributed by atoms with Gasteiger partial charge in [-0.25, -0.2) is 0 Å². The van der Waals surface area contributed by atoms with Crippen LogP contribution in [0.5, 0.6) is 0 Å². The molecule has 2 aromatic rings. The molecule has 2 amide bonds. The quantitative estimate of drug-likeness (QED) is 0.792. The highest BCUT2D eigenvalue weighted by atomic mass is 16.3. The number of rotatable bonds is 5. The molecule has 5 nitrogen and oxygen atoms in total. The summed E-state index contributed by atoms with van der Waals surface area (Å²) in [5.74, 6) is -0.985. The van der Waals surface area contributed by atoms with E-state index in [1.807, 2.05) is 6.07 Å². The molecule has 2 aromatic carbocycles. The summed E-state index contributed by atoms with van der Waals surface area (Å²) < 4.78 is 0. The fraction of sp³-hybridized carbons (Fsp3) is 0.222. The van der Waals surface area contributed by atoms with Crippen molar-refractivity contribution < 1.29 is 14.7 Å². The van der Waals surface area contributed by atoms with Crippen LogP contribution in [0.25, 0.3) is 0 Å². The van der Waals surface area contributed by atoms with Crippen molar-refractivity contribution in [3.8, 4) is 0 Å². The minimum Gasteiger partial charge on any atom is -0.378 e. The molecular weight excluding hydrogens is 292 g/mol. The summed E-state index contributed by atoms with van der Waals surface area (Å²) in [5.41, 5.74) is -0.0458. The summed E-state index contributed by atoms with van der Waals surface area (Å²) in [6.45, 7) is 3.17. The summed E-state index contributed by atoms with van der Waals surface area (Å²) in [7, 11) is 0. The third kappa shape index (κ3) is 4.40. The normalized spacial score (nSPS) is 12.3. The second kappa shape index (κ2) is 7.07. The van der Waals surface area contributed by atoms with Crippen LogP contribution in [0, 0.1) is 0 Å². The van der Waals surface area contributed by atoms with Crippen LogP contribution in [-0.4, -0.2) is 22.5 Å². The van der Waals surface area contributed by atoms with Crippen molar-refractivity contribution in [1.29, 1.82) is 0 Å². The number of anilines is 1. The topological polar surface area (TPSA) is 78.4 Å². The van der Waals surface area contributed by atoms with Gasteiger partial charge in [0, 0.05) is 5.69 Å². The minimum atomic E-state index is -1.32. The molecule has 0 spiro atoms. The maximum atomic E-state index is 12.3. The van der Waals surface area contributed by atoms with E-state index in [2.05, 4.69) is 10.6 Å². The maximum Gasteiger partial charge on any atom is 0.254 e. The summed E-state index contributed by atoms with van der Waals surface area (Å²) >= 11 is 0. The molecule has 0 fully saturated rings. The van der Waals surface area contributed by atoms with Crippen molar-refractivity contribution >= 4 is 17.5 Å². The first kappa shape index (κ1) is 16.7. The first-order valence-electron chi connectivity index (χ1n) is 7.32. The molecule has 3 N–H and O–H groups in total. The smallest absolute Gasteiger partial charge is 0.254 e. The summed E-state index contributed by atoms with van der Waals surface area (Å²) in [6.07, 6.45) is -1.32. The van der Waals surface area contributed by atoms with E-state index in [0.717, 1.165) is 0 Å². The third-order valence-electron chi connectivity index (χ3n) is 3.40. The Kier molecular flexibility index (Phi) is 5.13. The molecule has 1 atom stereocenters. The molecule has 23 heavy (non-hydrogen) atoms. The molecule has 2 rings (SSSR count). The van der Waals surface area contributed by atoms with Crippen LogP contribution in [0.1, 0.15) is 25.5 Å². The largest absolute Gasteiger partial charge is 0.378 e. The van der Waals surface area contributed by atoms with E-state index in [1.54, 1.807) is 68.4 Å². The molecule has 0 aliphatic carbocycles. The van der Waals surface area contributed by atoms with Gasteiger partial charge in [-0.05, 0) is 31.5 Å². The predicted octanol–water partition coefficient (Wildman–Crippen LogP) is 2.25. The lowest BCUT2D eigenvalue weighted by Gasteiger charge is -2.26. The van der Waals surface area contributed by atoms with Gasteiger partial charge in [-0.2, -0.15) is 0 Å². The van der Waals surface area contributed by atoms with Gasteiger partial charge in [-0.15, -0.1) is 0 Å². The van der Waals surface area contributed by atoms with Gasteiger partial charge in [0.15, 0.2) is 6.10 Å². The van der Waals surface area contributed by atoms with E-state index in [1.165, 1.54) is 0 Å². The number of benzene rings is 2. The fourth-order valence-electron chi connectivity index (χ4n) is 2.03. The number of aliphatic hydroxyl groups is 1. The Balaban J connectivity index is 2.02. The number of para-hydroxylation sites is 1. The molecule has 0 bridgehead atoms. The van der Waals surface area contributed by atoms with E-state index in [0.29, 0.717) is 11.3 Å². The van der Waals surface area contributed by atoms with Gasteiger partial charge in [0.2, 0.25) is 5.91 Å². The van der Waals surface area contributed by atoms with Crippen LogP contribution in [0.4, 0.5) is 5.69 Å². The van der Waals surface area contributed by atoms with Crippen LogP contribution in [0.3, 0.4) is 0 Å². The van der Waals surface area contributed by atoms with Crippen molar-refractivity contribution in [3.05, 3.63) is 66.2 Å². The highest BCUT2D eigenvalue weighted by Gasteiger charge is 2.32. The van der Waals surface area contributed by atoms with Crippen LogP contribution < -0.4 is 10.6 Å². The molecule has 0 aromatic heterocycles. The number of aliphatic hydroxyl groups excluding tert-OH is 1. The maximum absolute atomic E-state index is 12.3. The average Bonchev–Trinajstić information content (AvgIpc) is 2.55. The molecule has 120 valence electrons. The summed E-state index contributed by atoms with van der Waals surface area (Å²) in [5, 5.41) is 15.4. The zero-order valence-corrected chi connectivity index (χ0v) is 13.1. The number of hydrogen-bond donors (Lipinski definition) is 3. The van der Waals surface area contributed by atoms with Gasteiger partial charge in [-0.1, -0.05) is 48.5 Å². The Bertz CT molecular complexity index is 669. The standard InChI is InChI=1S/C18H20N2O3/c1-18(2,17(23)19-14-11-7-4-8-12-14)20-16(22)15(21)13-9-5-3-6-10-13/h3-12,15,21H,1-2H3,(H,19,23)(H,20,22)/t15-/m0/s1. The number of carbonyl (C=O) groups excluding carboxylic acids is 2. The zero-order chi connectivity index (χ0) is 16.9. The number of carbonyl (C=O) groups is 2. The Morgan fingerprint density at radius 1 is 0.957 bits per heavy atom. The van der Waals surface area contributed by atoms with Gasteiger partial charge in [0.05, 0.1) is 0 Å². The Labute approximate surface area is 135 Å². The van der Waals surface area contributed by atoms with Crippen molar-refractivity contribution in [1.82, 2.24) is 5.32 Å². The van der Waals surface area contributed by atoms with E-state index < -0.39 is 17.6 Å². The van der Waals surface area contributed by atoms with Gasteiger partial charge < -0.3 is 15.7 Å². The van der Waals surface area contributed by atoms with Crippen molar-refractivity contribution in [3.63, 3.8) is 0 Å². The number of nitrogens with one attached hydrogen (secondary N) is 2. The molecule has 0 unspecified atom stereocenters. The lowest BCUT2D eigenvalue weighted by atomic mass is 10.0. The Morgan fingerprint density at radius 2 is 1.48 bits per heavy atom. The first-order chi connectivity index (χ1) is 10.9. The predicted molar refractivity (Wildman–Crippen MR) is 88.7 cm³/mol. The van der Waals surface area contributed by atoms with Crippen molar-refractivity contribution in [2.45, 2.75) is 25.5 Å². The van der Waals surface area contributed by atoms with Gasteiger partial charge in [0.1, 0.15) is 5.54 Å². The second-order valence-electron chi connectivity index (χ2n) is 5.75. The zero-order valence-electron chi connectivity index (χ0n) is 13.1. The Morgan fingerprint density at radius 3 is 2.04 bits per heavy atom. The van der Waals surface area contributed by atoms with Gasteiger partial charge >= 0.3 is 0 Å². The van der Waals surface area contributed by atoms with E-state index >= 15 is 0 Å². The van der Waals surface area contributed by atoms with E-state index in [-0.39, 0.29) is 5.91 Å². The first-order valence-corrected chi connectivity index (χ1v) is 7.32. The van der Waals surface area contributed by atoms with Crippen LogP contribution in [0.15, 0.2) is 60.7 Å². The SMILES string of the molecule is CC(C)(NC(=O)[C@@H](O)c1ccccc1)C(=O)Nc1ccccc1. The second-order valence-corrected chi connectivity index (χ2v) is 5.75. The number of amides is 2. The monoisotopic (exact) mass is 312 g/mol. The van der Waals surface area contributed by atoms with Crippen molar-refractivity contribution in [2.24, 2.45) is 0 Å². The highest BCUT2D eigenvalue weighted by Crippen LogP contribution is 2.15. The molecule has 0 radical (unpaired) electrons. The molecule has 5 heteroatoms. The molecule has 0 saturated heterocycles. The highest BCUT2D eigenvalue weighted by molar-refractivity contribution is 6.00. The average molecular weight is 312 g/mol. The van der Waals surface area contributed by atoms with Gasteiger partial charge in [-0.3, -0.25) is 9.59 Å². The Hall–Kier alpha value is -2.66. The van der Waals surface area contributed by atoms with Crippen molar-refractivity contribution in [2.75, 3.05) is 5.32 Å². The van der Waals surface area contributed by atoms with E-state index in [4.69, 9.17) is 0 Å². The molecule has 0 heterocycles. The van der Waals surface area contributed by atoms with Crippen LogP contribution in [0.2, 0.25) is 0 Å². The minimum absolute atomic E-state index is 0.364. The van der Waals surface area contributed by atoms with Crippen LogP contribution in [-0.2, 0) is 9.59 Å². The third-order valence-corrected chi connectivity index (χ3v) is 3.40. The molecule has 0 aliphatic rings. The van der Waals surface area contributed by atoms with Crippen LogP contribution >= 0.6 is 0 Å². The lowest BCUT2D eigenvalue weighted by Crippen LogP contribution is -2.53. The summed E-state index contributed by atoms with van der Waals surface area (Å²) in [4.78, 5) is 24.5. The van der Waals surface area contributed by atoms with E-state index in [9.17, 15) is 14.7 Å². The van der Waals surface area contributed by atoms with Gasteiger partial charge in [0.25, 0.3) is 5.91 Å².